The molecule has 7 heteroatoms. The van der Waals surface area contributed by atoms with Gasteiger partial charge in [0, 0.05) is 10.7 Å². The van der Waals surface area contributed by atoms with Gasteiger partial charge in [-0.1, -0.05) is 30.3 Å². The second-order valence-electron chi connectivity index (χ2n) is 6.46. The van der Waals surface area contributed by atoms with E-state index in [2.05, 4.69) is 5.32 Å². The highest BCUT2D eigenvalue weighted by Crippen LogP contribution is 2.19. The number of benzene rings is 1. The van der Waals surface area contributed by atoms with Crippen LogP contribution in [0.1, 0.15) is 42.7 Å². The van der Waals surface area contributed by atoms with Gasteiger partial charge in [0.2, 0.25) is 5.91 Å². The Balaban J connectivity index is 2.21. The van der Waals surface area contributed by atoms with Gasteiger partial charge >= 0.3 is 11.9 Å². The third-order valence-electron chi connectivity index (χ3n) is 4.57. The molecular formula is C20H28N2O5. The summed E-state index contributed by atoms with van der Waals surface area (Å²) in [6.45, 7) is -0.847. The maximum Gasteiger partial charge on any atom is 0.326 e. The number of rotatable bonds is 9. The Kier molecular flexibility index (Phi) is 6.24. The van der Waals surface area contributed by atoms with E-state index in [4.69, 9.17) is 8.85 Å². The van der Waals surface area contributed by atoms with Gasteiger partial charge in [0.1, 0.15) is 12.1 Å². The summed E-state index contributed by atoms with van der Waals surface area (Å²) in [6, 6.07) is 5.56. The van der Waals surface area contributed by atoms with Crippen LogP contribution in [0.4, 0.5) is 0 Å². The van der Waals surface area contributed by atoms with Gasteiger partial charge in [-0.05, 0) is 45.0 Å². The van der Waals surface area contributed by atoms with Crippen molar-refractivity contribution in [2.45, 2.75) is 57.6 Å². The average Bonchev–Trinajstić information content (AvgIpc) is 3.18. The van der Waals surface area contributed by atoms with E-state index in [0.717, 1.165) is 10.5 Å². The molecular weight excluding hydrogens is 348 g/mol. The van der Waals surface area contributed by atoms with Gasteiger partial charge in [-0.3, -0.25) is 14.9 Å². The van der Waals surface area contributed by atoms with Crippen LogP contribution in [-0.4, -0.2) is 59.1 Å². The summed E-state index contributed by atoms with van der Waals surface area (Å²) in [5, 5.41) is 12.0. The number of carbonyl (C=O) groups excluding carboxylic acids is 2. The molecule has 0 aliphatic carbocycles. The average molecular weight is 379 g/mol. The molecule has 0 unspecified atom stereocenters. The van der Waals surface area contributed by atoms with Gasteiger partial charge in [0.25, 0.3) is 0 Å². The fraction of sp³-hybridized carbons (Fsp3) is 0.550. The van der Waals surface area contributed by atoms with Gasteiger partial charge in [0.15, 0.2) is 0 Å². The minimum atomic E-state index is -2.76. The molecule has 2 rings (SSSR count). The quantitative estimate of drug-likeness (QED) is 0.633. The van der Waals surface area contributed by atoms with Gasteiger partial charge < -0.3 is 14.7 Å². The van der Waals surface area contributed by atoms with E-state index < -0.39 is 42.8 Å². The van der Waals surface area contributed by atoms with E-state index in [1.165, 1.54) is 0 Å². The lowest BCUT2D eigenvalue weighted by Crippen LogP contribution is -2.53. The molecule has 0 aromatic heterocycles. The van der Waals surface area contributed by atoms with Crippen molar-refractivity contribution in [2.24, 2.45) is 0 Å². The summed E-state index contributed by atoms with van der Waals surface area (Å²) in [5.74, 6) is -2.66. The summed E-state index contributed by atoms with van der Waals surface area (Å²) >= 11 is 0. The Morgan fingerprint density at radius 2 is 2.11 bits per heavy atom. The Labute approximate surface area is 163 Å². The number of carboxylic acid groups (broad SMARTS) is 1. The molecule has 1 aliphatic heterocycles. The number of ether oxygens (including phenoxy) is 1. The lowest BCUT2D eigenvalue weighted by Gasteiger charge is -2.27. The van der Waals surface area contributed by atoms with Crippen LogP contribution < -0.4 is 5.32 Å². The highest BCUT2D eigenvalue weighted by atomic mass is 16.5. The van der Waals surface area contributed by atoms with E-state index in [1.54, 1.807) is 6.92 Å². The van der Waals surface area contributed by atoms with E-state index in [-0.39, 0.29) is 26.0 Å². The van der Waals surface area contributed by atoms with Crippen molar-refractivity contribution in [1.82, 2.24) is 10.2 Å². The zero-order chi connectivity index (χ0) is 22.3. The summed E-state index contributed by atoms with van der Waals surface area (Å²) < 4.78 is 28.5. The summed E-state index contributed by atoms with van der Waals surface area (Å²) in [4.78, 5) is 38.0. The van der Waals surface area contributed by atoms with Crippen molar-refractivity contribution in [3.63, 3.8) is 0 Å². The van der Waals surface area contributed by atoms with Gasteiger partial charge in [-0.15, -0.1) is 0 Å². The number of carboxylic acids is 1. The second kappa shape index (κ2) is 10.1. The molecule has 0 radical (unpaired) electrons. The van der Waals surface area contributed by atoms with E-state index in [1.807, 2.05) is 30.3 Å². The predicted molar refractivity (Wildman–Crippen MR) is 100 cm³/mol. The van der Waals surface area contributed by atoms with Crippen molar-refractivity contribution < 1.29 is 28.3 Å². The smallest absolute Gasteiger partial charge is 0.326 e. The zero-order valence-electron chi connectivity index (χ0n) is 18.4. The minimum absolute atomic E-state index is 0.113. The van der Waals surface area contributed by atoms with Gasteiger partial charge in [-0.2, -0.15) is 0 Å². The van der Waals surface area contributed by atoms with E-state index >= 15 is 0 Å². The first-order chi connectivity index (χ1) is 14.1. The molecule has 0 saturated carbocycles. The minimum Gasteiger partial charge on any atom is -0.480 e. The monoisotopic (exact) mass is 379 g/mol. The van der Waals surface area contributed by atoms with Crippen LogP contribution in [0.2, 0.25) is 0 Å². The highest BCUT2D eigenvalue weighted by Gasteiger charge is 2.36. The molecule has 1 amide bonds. The maximum atomic E-state index is 13.0. The zero-order valence-corrected chi connectivity index (χ0v) is 15.4. The van der Waals surface area contributed by atoms with Crippen LogP contribution >= 0.6 is 0 Å². The summed E-state index contributed by atoms with van der Waals surface area (Å²) in [6.07, 6.45) is 1.45. The van der Waals surface area contributed by atoms with Crippen LogP contribution in [0, 0.1) is 0 Å². The first kappa shape index (κ1) is 16.7. The van der Waals surface area contributed by atoms with Crippen molar-refractivity contribution in [3.8, 4) is 0 Å². The Bertz CT molecular complexity index is 742. The molecule has 2 N–H and O–H groups in total. The topological polar surface area (TPSA) is 95.9 Å². The molecule has 7 nitrogen and oxygen atoms in total. The van der Waals surface area contributed by atoms with Gasteiger partial charge in [0.05, 0.1) is 12.6 Å². The SMILES string of the molecule is [2H]C([2H])([2H])[C@@H](N[C@H](CCc1ccccc1)C(=O)OCC)C(=O)N1CCC[C@@H]1C(=O)O. The number of carbonyl (C=O) groups is 3. The maximum absolute atomic E-state index is 13.0. The molecule has 1 heterocycles. The number of nitrogens with zero attached hydrogens (tertiary/aromatic N) is 1. The Hall–Kier alpha value is -2.41. The first-order valence-electron chi connectivity index (χ1n) is 10.6. The number of hydrogen-bond acceptors (Lipinski definition) is 5. The summed E-state index contributed by atoms with van der Waals surface area (Å²) in [7, 11) is 0. The number of nitrogens with one attached hydrogen (secondary N) is 1. The third-order valence-corrected chi connectivity index (χ3v) is 4.57. The molecule has 0 bridgehead atoms. The number of likely N-dealkylation sites (tertiary alicyclic amines) is 1. The molecule has 1 aromatic carbocycles. The third kappa shape index (κ3) is 5.79. The molecule has 27 heavy (non-hydrogen) atoms. The van der Waals surface area contributed by atoms with Crippen LogP contribution in [0.5, 0.6) is 0 Å². The van der Waals surface area contributed by atoms with Crippen LogP contribution in [0.3, 0.4) is 0 Å². The number of aliphatic carboxylic acids is 1. The molecule has 1 aromatic rings. The molecule has 1 fully saturated rings. The summed E-state index contributed by atoms with van der Waals surface area (Å²) in [5.41, 5.74) is 0.954. The van der Waals surface area contributed by atoms with Crippen molar-refractivity contribution in [3.05, 3.63) is 35.9 Å². The van der Waals surface area contributed by atoms with Crippen LogP contribution in [0.25, 0.3) is 0 Å². The van der Waals surface area contributed by atoms with Crippen LogP contribution in [-0.2, 0) is 25.5 Å². The molecule has 148 valence electrons. The first-order valence-corrected chi connectivity index (χ1v) is 9.15. The van der Waals surface area contributed by atoms with E-state index in [9.17, 15) is 19.5 Å². The fourth-order valence-electron chi connectivity index (χ4n) is 3.19. The highest BCUT2D eigenvalue weighted by molar-refractivity contribution is 5.88. The number of esters is 1. The standard InChI is InChI=1S/C20H28N2O5/c1-3-27-20(26)16(12-11-15-8-5-4-6-9-15)21-14(2)18(23)22-13-7-10-17(22)19(24)25/h4-6,8-9,14,16-17,21H,3,7,10-13H2,1-2H3,(H,24,25)/t14-,16-,17-/m1/s1/i2D3. The lowest BCUT2D eigenvalue weighted by molar-refractivity contribution is -0.150. The number of hydrogen-bond donors (Lipinski definition) is 2. The molecule has 3 atom stereocenters. The predicted octanol–water partition coefficient (Wildman–Crippen LogP) is 1.60. The largest absolute Gasteiger partial charge is 0.480 e. The van der Waals surface area contributed by atoms with Gasteiger partial charge in [-0.25, -0.2) is 4.79 Å². The fourth-order valence-corrected chi connectivity index (χ4v) is 3.19. The molecule has 0 spiro atoms. The van der Waals surface area contributed by atoms with E-state index in [0.29, 0.717) is 12.8 Å². The second-order valence-corrected chi connectivity index (χ2v) is 6.46. The van der Waals surface area contributed by atoms with Crippen LogP contribution in [0.15, 0.2) is 30.3 Å². The molecule has 1 saturated heterocycles. The number of amides is 1. The van der Waals surface area contributed by atoms with Crippen molar-refractivity contribution in [2.75, 3.05) is 13.2 Å². The van der Waals surface area contributed by atoms with Crippen molar-refractivity contribution >= 4 is 17.8 Å². The molecule has 1 aliphatic rings. The van der Waals surface area contributed by atoms with Crippen molar-refractivity contribution in [1.29, 1.82) is 0 Å². The Morgan fingerprint density at radius 3 is 2.74 bits per heavy atom. The normalized spacial score (nSPS) is 20.9. The Morgan fingerprint density at radius 1 is 1.37 bits per heavy atom. The number of aryl methyl sites for hydroxylation is 1. The lowest BCUT2D eigenvalue weighted by atomic mass is 10.0.